The Morgan fingerprint density at radius 3 is 1.29 bits per heavy atom. The first-order chi connectivity index (χ1) is 16.7. The quantitative estimate of drug-likeness (QED) is 0.0927. The number of unbranched alkanes of at least 4 members (excludes halogenated alkanes) is 17. The van der Waals surface area contributed by atoms with E-state index in [0.717, 1.165) is 12.3 Å². The van der Waals surface area contributed by atoms with Gasteiger partial charge in [0.2, 0.25) is 0 Å². The highest BCUT2D eigenvalue weighted by atomic mass is 14.6. The molecule has 0 aromatic heterocycles. The minimum Gasteiger partial charge on any atom is -0.328 e. The second kappa shape index (κ2) is 28.7. The first kappa shape index (κ1) is 33.4. The average molecular weight is 476 g/mol. The number of allylic oxidation sites excluding steroid dienone is 4. The number of hydrogen-bond acceptors (Lipinski definition) is 1. The highest BCUT2D eigenvalue weighted by Gasteiger charge is 2.02. The molecule has 34 heavy (non-hydrogen) atoms. The first-order valence-corrected chi connectivity index (χ1v) is 15.7. The van der Waals surface area contributed by atoms with Crippen molar-refractivity contribution in [1.29, 1.82) is 0 Å². The van der Waals surface area contributed by atoms with E-state index in [1.54, 1.807) is 0 Å². The van der Waals surface area contributed by atoms with Crippen LogP contribution < -0.4 is 5.73 Å². The Balaban J connectivity index is 3.22. The molecule has 0 aliphatic rings. The highest BCUT2D eigenvalue weighted by Crippen LogP contribution is 2.15. The Bertz CT molecular complexity index is 422. The van der Waals surface area contributed by atoms with E-state index in [1.807, 2.05) is 0 Å². The molecule has 1 atom stereocenters. The zero-order valence-corrected chi connectivity index (χ0v) is 24.0. The molecule has 0 rings (SSSR count). The predicted octanol–water partition coefficient (Wildman–Crippen LogP) is 11.5. The zero-order chi connectivity index (χ0) is 25.0. The molecule has 1 nitrogen and oxygen atoms in total. The third-order valence-electron chi connectivity index (χ3n) is 7.13. The molecule has 0 saturated heterocycles. The van der Waals surface area contributed by atoms with Gasteiger partial charge in [0.15, 0.2) is 0 Å². The van der Waals surface area contributed by atoms with Crippen LogP contribution in [-0.4, -0.2) is 6.04 Å². The van der Waals surface area contributed by atoms with Crippen LogP contribution >= 0.6 is 0 Å². The largest absolute Gasteiger partial charge is 0.328 e. The summed E-state index contributed by atoms with van der Waals surface area (Å²) in [6.45, 7) is 6.93. The fourth-order valence-corrected chi connectivity index (χ4v) is 4.74. The third kappa shape index (κ3) is 29.5. The highest BCUT2D eigenvalue weighted by molar-refractivity contribution is 4.92. The van der Waals surface area contributed by atoms with Crippen molar-refractivity contribution >= 4 is 0 Å². The van der Waals surface area contributed by atoms with Crippen LogP contribution in [0, 0.1) is 5.92 Å². The van der Waals surface area contributed by atoms with E-state index in [-0.39, 0.29) is 0 Å². The van der Waals surface area contributed by atoms with Gasteiger partial charge in [-0.1, -0.05) is 154 Å². The summed E-state index contributed by atoms with van der Waals surface area (Å²) in [7, 11) is 0. The molecule has 202 valence electrons. The molecular formula is C33H65N. The zero-order valence-electron chi connectivity index (χ0n) is 24.0. The monoisotopic (exact) mass is 476 g/mol. The van der Waals surface area contributed by atoms with E-state index < -0.39 is 0 Å². The van der Waals surface area contributed by atoms with E-state index in [9.17, 15) is 0 Å². The van der Waals surface area contributed by atoms with Crippen molar-refractivity contribution < 1.29 is 0 Å². The van der Waals surface area contributed by atoms with Gasteiger partial charge in [-0.3, -0.25) is 0 Å². The average Bonchev–Trinajstić information content (AvgIpc) is 2.82. The van der Waals surface area contributed by atoms with Gasteiger partial charge in [0, 0.05) is 6.04 Å². The molecule has 0 bridgehead atoms. The standard InChI is InChI=1S/C33H65N/c1-4-5-6-7-8-9-10-11-12-13-14-15-16-17-18-19-20-24-27-30-33(34)31-28-25-22-21-23-26-29-32(2)3/h8-9,11-12,32-33H,4-7,10,13-31,34H2,1-3H3. The van der Waals surface area contributed by atoms with Crippen LogP contribution in [0.5, 0.6) is 0 Å². The van der Waals surface area contributed by atoms with Crippen molar-refractivity contribution in [3.63, 3.8) is 0 Å². The summed E-state index contributed by atoms with van der Waals surface area (Å²) in [4.78, 5) is 0. The fraction of sp³-hybridized carbons (Fsp3) is 0.879. The maximum absolute atomic E-state index is 6.34. The number of hydrogen-bond donors (Lipinski definition) is 1. The van der Waals surface area contributed by atoms with Crippen LogP contribution in [0.4, 0.5) is 0 Å². The summed E-state index contributed by atoms with van der Waals surface area (Å²) in [5.41, 5.74) is 6.34. The Morgan fingerprint density at radius 1 is 0.471 bits per heavy atom. The summed E-state index contributed by atoms with van der Waals surface area (Å²) in [5, 5.41) is 0. The minimum absolute atomic E-state index is 0.455. The molecular weight excluding hydrogens is 410 g/mol. The summed E-state index contributed by atoms with van der Waals surface area (Å²) in [6, 6.07) is 0.455. The maximum atomic E-state index is 6.34. The third-order valence-corrected chi connectivity index (χ3v) is 7.13. The molecule has 0 amide bonds. The molecule has 1 heteroatoms. The summed E-state index contributed by atoms with van der Waals surface area (Å²) < 4.78 is 0. The molecule has 1 unspecified atom stereocenters. The van der Waals surface area contributed by atoms with Crippen molar-refractivity contribution in [2.45, 2.75) is 181 Å². The second-order valence-corrected chi connectivity index (χ2v) is 11.3. The van der Waals surface area contributed by atoms with Crippen molar-refractivity contribution in [1.82, 2.24) is 0 Å². The molecule has 0 radical (unpaired) electrons. The van der Waals surface area contributed by atoms with E-state index >= 15 is 0 Å². The first-order valence-electron chi connectivity index (χ1n) is 15.7. The molecule has 0 aromatic rings. The Kier molecular flexibility index (Phi) is 28.2. The van der Waals surface area contributed by atoms with Crippen LogP contribution in [0.2, 0.25) is 0 Å². The van der Waals surface area contributed by atoms with Gasteiger partial charge < -0.3 is 5.73 Å². The van der Waals surface area contributed by atoms with Gasteiger partial charge in [-0.25, -0.2) is 0 Å². The van der Waals surface area contributed by atoms with Crippen LogP contribution in [0.3, 0.4) is 0 Å². The van der Waals surface area contributed by atoms with E-state index in [2.05, 4.69) is 45.1 Å². The van der Waals surface area contributed by atoms with Crippen molar-refractivity contribution in [3.05, 3.63) is 24.3 Å². The Hall–Kier alpha value is -0.560. The van der Waals surface area contributed by atoms with Gasteiger partial charge in [0.1, 0.15) is 0 Å². The summed E-state index contributed by atoms with van der Waals surface area (Å²) >= 11 is 0. The van der Waals surface area contributed by atoms with Crippen molar-refractivity contribution in [3.8, 4) is 0 Å². The van der Waals surface area contributed by atoms with Gasteiger partial charge >= 0.3 is 0 Å². The summed E-state index contributed by atoms with van der Waals surface area (Å²) in [5.74, 6) is 0.873. The molecule has 0 heterocycles. The maximum Gasteiger partial charge on any atom is 0.00388 e. The topological polar surface area (TPSA) is 26.0 Å². The molecule has 0 spiro atoms. The molecule has 0 aliphatic heterocycles. The van der Waals surface area contributed by atoms with Crippen LogP contribution in [0.15, 0.2) is 24.3 Å². The lowest BCUT2D eigenvalue weighted by atomic mass is 10.00. The van der Waals surface area contributed by atoms with Gasteiger partial charge in [-0.15, -0.1) is 0 Å². The van der Waals surface area contributed by atoms with E-state index in [1.165, 1.54) is 148 Å². The molecule has 0 saturated carbocycles. The lowest BCUT2D eigenvalue weighted by Gasteiger charge is -2.11. The van der Waals surface area contributed by atoms with Gasteiger partial charge in [-0.2, -0.15) is 0 Å². The van der Waals surface area contributed by atoms with Crippen LogP contribution in [0.1, 0.15) is 175 Å². The van der Waals surface area contributed by atoms with Crippen molar-refractivity contribution in [2.75, 3.05) is 0 Å². The molecule has 2 N–H and O–H groups in total. The molecule has 0 aromatic carbocycles. The second-order valence-electron chi connectivity index (χ2n) is 11.3. The van der Waals surface area contributed by atoms with E-state index in [0.29, 0.717) is 6.04 Å². The number of nitrogens with two attached hydrogens (primary N) is 1. The molecule has 0 fully saturated rings. The lowest BCUT2D eigenvalue weighted by Crippen LogP contribution is -2.19. The van der Waals surface area contributed by atoms with Gasteiger partial charge in [0.25, 0.3) is 0 Å². The fourth-order valence-electron chi connectivity index (χ4n) is 4.74. The number of rotatable bonds is 27. The van der Waals surface area contributed by atoms with Crippen LogP contribution in [-0.2, 0) is 0 Å². The Morgan fingerprint density at radius 2 is 0.853 bits per heavy atom. The molecule has 0 aliphatic carbocycles. The van der Waals surface area contributed by atoms with Gasteiger partial charge in [-0.05, 0) is 50.9 Å². The Labute approximate surface area is 216 Å². The van der Waals surface area contributed by atoms with Crippen LogP contribution in [0.25, 0.3) is 0 Å². The minimum atomic E-state index is 0.455. The smallest absolute Gasteiger partial charge is 0.00388 e. The van der Waals surface area contributed by atoms with Crippen molar-refractivity contribution in [2.24, 2.45) is 11.7 Å². The lowest BCUT2D eigenvalue weighted by molar-refractivity contribution is 0.474. The summed E-state index contributed by atoms with van der Waals surface area (Å²) in [6.07, 6.45) is 42.1. The normalized spacial score (nSPS) is 13.1. The van der Waals surface area contributed by atoms with E-state index in [4.69, 9.17) is 5.73 Å². The predicted molar refractivity (Wildman–Crippen MR) is 158 cm³/mol. The van der Waals surface area contributed by atoms with Gasteiger partial charge in [0.05, 0.1) is 0 Å². The SMILES string of the molecule is CCCCCC=CCC=CCCCCCCCCCCCC(N)CCCCCCCCC(C)C.